The van der Waals surface area contributed by atoms with E-state index in [1.54, 1.807) is 4.68 Å². The molecule has 1 N–H and O–H groups in total. The second-order valence-electron chi connectivity index (χ2n) is 4.83. The molecule has 0 bridgehead atoms. The number of rotatable bonds is 7. The van der Waals surface area contributed by atoms with Gasteiger partial charge in [0.15, 0.2) is 5.82 Å². The van der Waals surface area contributed by atoms with Gasteiger partial charge >= 0.3 is 0 Å². The standard InChI is InChI=1S/C11H20N6O/c1-3-6-17-10(13-14-15-17)7-16(2)8-11(18)12-9-4-5-9/h9H,3-8H2,1-2H3,(H,12,18). The quantitative estimate of drug-likeness (QED) is 0.727. The van der Waals surface area contributed by atoms with Gasteiger partial charge < -0.3 is 5.32 Å². The lowest BCUT2D eigenvalue weighted by molar-refractivity contribution is -0.122. The Morgan fingerprint density at radius 1 is 1.56 bits per heavy atom. The summed E-state index contributed by atoms with van der Waals surface area (Å²) in [6.45, 7) is 3.86. The van der Waals surface area contributed by atoms with E-state index in [0.29, 0.717) is 19.1 Å². The van der Waals surface area contributed by atoms with Crippen molar-refractivity contribution in [2.24, 2.45) is 0 Å². The Labute approximate surface area is 107 Å². The number of amides is 1. The Balaban J connectivity index is 1.79. The summed E-state index contributed by atoms with van der Waals surface area (Å²) in [5.74, 6) is 0.882. The molecule has 1 aliphatic carbocycles. The van der Waals surface area contributed by atoms with E-state index in [4.69, 9.17) is 0 Å². The average molecular weight is 252 g/mol. The van der Waals surface area contributed by atoms with E-state index in [1.165, 1.54) is 0 Å². The van der Waals surface area contributed by atoms with Crippen LogP contribution in [0, 0.1) is 0 Å². The first kappa shape index (κ1) is 12.9. The third kappa shape index (κ3) is 3.76. The van der Waals surface area contributed by atoms with Crippen LogP contribution in [0.2, 0.25) is 0 Å². The second kappa shape index (κ2) is 5.90. The smallest absolute Gasteiger partial charge is 0.234 e. The summed E-state index contributed by atoms with van der Waals surface area (Å²) in [5, 5.41) is 14.5. The molecule has 1 aliphatic rings. The zero-order valence-electron chi connectivity index (χ0n) is 11.0. The summed E-state index contributed by atoms with van der Waals surface area (Å²) in [6.07, 6.45) is 3.22. The van der Waals surface area contributed by atoms with Crippen LogP contribution >= 0.6 is 0 Å². The lowest BCUT2D eigenvalue weighted by Gasteiger charge is -2.15. The predicted molar refractivity (Wildman–Crippen MR) is 65.6 cm³/mol. The molecular weight excluding hydrogens is 232 g/mol. The highest BCUT2D eigenvalue weighted by atomic mass is 16.2. The molecule has 0 aromatic carbocycles. The largest absolute Gasteiger partial charge is 0.352 e. The number of hydrogen-bond donors (Lipinski definition) is 1. The van der Waals surface area contributed by atoms with Crippen molar-refractivity contribution in [3.05, 3.63) is 5.82 Å². The van der Waals surface area contributed by atoms with Gasteiger partial charge in [0.25, 0.3) is 0 Å². The fourth-order valence-corrected chi connectivity index (χ4v) is 1.77. The summed E-state index contributed by atoms with van der Waals surface area (Å²) in [4.78, 5) is 13.6. The van der Waals surface area contributed by atoms with Crippen molar-refractivity contribution >= 4 is 5.91 Å². The molecule has 1 heterocycles. The Morgan fingerprint density at radius 2 is 2.33 bits per heavy atom. The van der Waals surface area contributed by atoms with Gasteiger partial charge in [-0.05, 0) is 36.7 Å². The van der Waals surface area contributed by atoms with Crippen LogP contribution in [0.25, 0.3) is 0 Å². The van der Waals surface area contributed by atoms with E-state index < -0.39 is 0 Å². The first-order valence-electron chi connectivity index (χ1n) is 6.42. The maximum Gasteiger partial charge on any atom is 0.234 e. The fourth-order valence-electron chi connectivity index (χ4n) is 1.77. The maximum absolute atomic E-state index is 11.6. The monoisotopic (exact) mass is 252 g/mol. The van der Waals surface area contributed by atoms with E-state index in [9.17, 15) is 4.79 Å². The van der Waals surface area contributed by atoms with Gasteiger partial charge in [-0.2, -0.15) is 0 Å². The fraction of sp³-hybridized carbons (Fsp3) is 0.818. The zero-order chi connectivity index (χ0) is 13.0. The minimum absolute atomic E-state index is 0.0783. The number of nitrogens with zero attached hydrogens (tertiary/aromatic N) is 5. The molecule has 0 radical (unpaired) electrons. The minimum Gasteiger partial charge on any atom is -0.352 e. The summed E-state index contributed by atoms with van der Waals surface area (Å²) in [7, 11) is 1.90. The van der Waals surface area contributed by atoms with Crippen molar-refractivity contribution in [1.29, 1.82) is 0 Å². The van der Waals surface area contributed by atoms with E-state index in [0.717, 1.165) is 31.6 Å². The molecule has 7 heteroatoms. The molecule has 7 nitrogen and oxygen atoms in total. The Morgan fingerprint density at radius 3 is 3.00 bits per heavy atom. The van der Waals surface area contributed by atoms with Crippen molar-refractivity contribution < 1.29 is 4.79 Å². The van der Waals surface area contributed by atoms with Crippen LogP contribution in [0.5, 0.6) is 0 Å². The van der Waals surface area contributed by atoms with E-state index in [-0.39, 0.29) is 5.91 Å². The zero-order valence-corrected chi connectivity index (χ0v) is 11.0. The van der Waals surface area contributed by atoms with Crippen molar-refractivity contribution in [2.45, 2.75) is 45.3 Å². The van der Waals surface area contributed by atoms with Gasteiger partial charge in [0, 0.05) is 12.6 Å². The molecule has 0 atom stereocenters. The molecule has 1 amide bonds. The van der Waals surface area contributed by atoms with Crippen molar-refractivity contribution in [3.8, 4) is 0 Å². The molecule has 0 aliphatic heterocycles. The number of hydrogen-bond acceptors (Lipinski definition) is 5. The normalized spacial score (nSPS) is 15.1. The van der Waals surface area contributed by atoms with E-state index in [1.807, 2.05) is 11.9 Å². The number of aryl methyl sites for hydroxylation is 1. The lowest BCUT2D eigenvalue weighted by atomic mass is 10.4. The molecule has 18 heavy (non-hydrogen) atoms. The topological polar surface area (TPSA) is 75.9 Å². The Kier molecular flexibility index (Phi) is 4.24. The SMILES string of the molecule is CCCn1nnnc1CN(C)CC(=O)NC1CC1. The van der Waals surface area contributed by atoms with Crippen LogP contribution in [0.1, 0.15) is 32.0 Å². The number of tetrazole rings is 1. The first-order valence-corrected chi connectivity index (χ1v) is 6.42. The first-order chi connectivity index (χ1) is 8.69. The molecule has 2 rings (SSSR count). The maximum atomic E-state index is 11.6. The highest BCUT2D eigenvalue weighted by molar-refractivity contribution is 5.78. The summed E-state index contributed by atoms with van der Waals surface area (Å²) in [5.41, 5.74) is 0. The summed E-state index contributed by atoms with van der Waals surface area (Å²) >= 11 is 0. The summed E-state index contributed by atoms with van der Waals surface area (Å²) in [6, 6.07) is 0.413. The lowest BCUT2D eigenvalue weighted by Crippen LogP contribution is -2.36. The number of aromatic nitrogens is 4. The molecule has 0 spiro atoms. The highest BCUT2D eigenvalue weighted by Gasteiger charge is 2.23. The second-order valence-corrected chi connectivity index (χ2v) is 4.83. The Hall–Kier alpha value is -1.50. The van der Waals surface area contributed by atoms with Crippen LogP contribution in [0.15, 0.2) is 0 Å². The van der Waals surface area contributed by atoms with E-state index >= 15 is 0 Å². The molecule has 1 fully saturated rings. The molecule has 0 unspecified atom stereocenters. The van der Waals surface area contributed by atoms with Crippen LogP contribution in [0.4, 0.5) is 0 Å². The third-order valence-corrected chi connectivity index (χ3v) is 2.81. The predicted octanol–water partition coefficient (Wildman–Crippen LogP) is -0.206. The molecule has 0 saturated heterocycles. The van der Waals surface area contributed by atoms with Crippen molar-refractivity contribution in [3.63, 3.8) is 0 Å². The van der Waals surface area contributed by atoms with Gasteiger partial charge in [-0.3, -0.25) is 9.69 Å². The third-order valence-electron chi connectivity index (χ3n) is 2.81. The number of nitrogens with one attached hydrogen (secondary N) is 1. The van der Waals surface area contributed by atoms with Gasteiger partial charge in [-0.1, -0.05) is 6.92 Å². The van der Waals surface area contributed by atoms with E-state index in [2.05, 4.69) is 27.8 Å². The molecule has 100 valence electrons. The van der Waals surface area contributed by atoms with Gasteiger partial charge in [0.1, 0.15) is 0 Å². The van der Waals surface area contributed by atoms with Crippen molar-refractivity contribution in [2.75, 3.05) is 13.6 Å². The number of likely N-dealkylation sites (N-methyl/N-ethyl adjacent to an activating group) is 1. The molecule has 1 saturated carbocycles. The molecule has 1 aromatic heterocycles. The van der Waals surface area contributed by atoms with Gasteiger partial charge in [-0.15, -0.1) is 5.10 Å². The minimum atomic E-state index is 0.0783. The van der Waals surface area contributed by atoms with Gasteiger partial charge in [0.05, 0.1) is 13.1 Å². The average Bonchev–Trinajstić information content (AvgIpc) is 3.00. The number of carbonyl (C=O) groups excluding carboxylic acids is 1. The van der Waals surface area contributed by atoms with Crippen LogP contribution in [-0.2, 0) is 17.9 Å². The van der Waals surface area contributed by atoms with Gasteiger partial charge in [0.2, 0.25) is 5.91 Å². The molecule has 1 aromatic rings. The van der Waals surface area contributed by atoms with Crippen LogP contribution < -0.4 is 5.32 Å². The summed E-state index contributed by atoms with van der Waals surface area (Å²) < 4.78 is 1.79. The number of carbonyl (C=O) groups is 1. The van der Waals surface area contributed by atoms with Crippen molar-refractivity contribution in [1.82, 2.24) is 30.4 Å². The van der Waals surface area contributed by atoms with Gasteiger partial charge in [-0.25, -0.2) is 4.68 Å². The van der Waals surface area contributed by atoms with Crippen LogP contribution in [0.3, 0.4) is 0 Å². The highest BCUT2D eigenvalue weighted by Crippen LogP contribution is 2.18. The Bertz CT molecular complexity index is 400. The van der Waals surface area contributed by atoms with Crippen LogP contribution in [-0.4, -0.2) is 50.6 Å². The molecular formula is C11H20N6O.